The van der Waals surface area contributed by atoms with E-state index in [0.29, 0.717) is 12.1 Å². The lowest BCUT2D eigenvalue weighted by molar-refractivity contribution is 0.0697. The highest BCUT2D eigenvalue weighted by Gasteiger charge is 2.09. The number of rotatable bonds is 4. The van der Waals surface area contributed by atoms with Crippen molar-refractivity contribution in [3.63, 3.8) is 0 Å². The van der Waals surface area contributed by atoms with Gasteiger partial charge >= 0.3 is 5.97 Å². The summed E-state index contributed by atoms with van der Waals surface area (Å²) in [5, 5.41) is 10.1. The van der Waals surface area contributed by atoms with Gasteiger partial charge in [-0.25, -0.2) is 4.79 Å². The molecule has 0 unspecified atom stereocenters. The number of carboxylic acid groups (broad SMARTS) is 1. The first-order valence-electron chi connectivity index (χ1n) is 5.66. The van der Waals surface area contributed by atoms with E-state index in [1.54, 1.807) is 12.1 Å². The number of hydrogen-bond donors (Lipinski definition) is 2. The van der Waals surface area contributed by atoms with Crippen LogP contribution in [0.2, 0.25) is 0 Å². The van der Waals surface area contributed by atoms with Crippen LogP contribution < -0.4 is 5.73 Å². The summed E-state index contributed by atoms with van der Waals surface area (Å²) in [6.45, 7) is 3.49. The molecule has 3 N–H and O–H groups in total. The van der Waals surface area contributed by atoms with Gasteiger partial charge < -0.3 is 15.4 Å². The largest absolute Gasteiger partial charge is 0.478 e. The molecule has 4 nitrogen and oxygen atoms in total. The zero-order valence-corrected chi connectivity index (χ0v) is 9.81. The van der Waals surface area contributed by atoms with E-state index < -0.39 is 5.97 Å². The van der Waals surface area contributed by atoms with E-state index in [-0.39, 0.29) is 0 Å². The van der Waals surface area contributed by atoms with Crippen molar-refractivity contribution < 1.29 is 9.90 Å². The first-order valence-corrected chi connectivity index (χ1v) is 5.66. The maximum atomic E-state index is 10.9. The lowest BCUT2D eigenvalue weighted by atomic mass is 10.1. The third-order valence-corrected chi connectivity index (χ3v) is 2.93. The fourth-order valence-corrected chi connectivity index (χ4v) is 2.06. The third kappa shape index (κ3) is 2.17. The van der Waals surface area contributed by atoms with Crippen molar-refractivity contribution in [2.45, 2.75) is 19.9 Å². The molecule has 0 bridgehead atoms. The Labute approximate surface area is 99.7 Å². The smallest absolute Gasteiger partial charge is 0.335 e. The summed E-state index contributed by atoms with van der Waals surface area (Å²) >= 11 is 0. The van der Waals surface area contributed by atoms with Gasteiger partial charge in [0.05, 0.1) is 5.56 Å². The number of nitrogens with zero attached hydrogens (tertiary/aromatic N) is 1. The minimum atomic E-state index is -0.892. The molecule has 0 saturated heterocycles. The molecule has 0 aliphatic heterocycles. The molecule has 0 fully saturated rings. The predicted octanol–water partition coefficient (Wildman–Crippen LogP) is 2.00. The number of aromatic nitrogens is 1. The molecule has 1 aromatic carbocycles. The molecule has 1 aromatic heterocycles. The number of aryl methyl sites for hydroxylation is 2. The summed E-state index contributed by atoms with van der Waals surface area (Å²) in [5.74, 6) is -0.892. The Balaban J connectivity index is 2.52. The van der Waals surface area contributed by atoms with Crippen LogP contribution in [0.25, 0.3) is 10.9 Å². The SMILES string of the molecule is Cc1cn(CCCN)c2cc(C(=O)O)ccc12. The molecule has 0 aliphatic rings. The van der Waals surface area contributed by atoms with Gasteiger partial charge in [0.25, 0.3) is 0 Å². The Morgan fingerprint density at radius 2 is 2.24 bits per heavy atom. The van der Waals surface area contributed by atoms with Gasteiger partial charge in [0.15, 0.2) is 0 Å². The van der Waals surface area contributed by atoms with Gasteiger partial charge in [-0.15, -0.1) is 0 Å². The molecule has 0 amide bonds. The standard InChI is InChI=1S/C13H16N2O2/c1-9-8-15(6-2-5-14)12-7-10(13(16)17)3-4-11(9)12/h3-4,7-8H,2,5-6,14H2,1H3,(H,16,17). The molecule has 0 spiro atoms. The molecule has 90 valence electrons. The lowest BCUT2D eigenvalue weighted by Gasteiger charge is -2.04. The summed E-state index contributed by atoms with van der Waals surface area (Å²) in [7, 11) is 0. The number of benzene rings is 1. The second kappa shape index (κ2) is 4.59. The van der Waals surface area contributed by atoms with Crippen LogP contribution in [-0.4, -0.2) is 22.2 Å². The second-order valence-corrected chi connectivity index (χ2v) is 4.18. The average molecular weight is 232 g/mol. The van der Waals surface area contributed by atoms with E-state index >= 15 is 0 Å². The summed E-state index contributed by atoms with van der Waals surface area (Å²) < 4.78 is 2.07. The molecule has 2 aromatic rings. The second-order valence-electron chi connectivity index (χ2n) is 4.18. The zero-order valence-electron chi connectivity index (χ0n) is 9.81. The normalized spacial score (nSPS) is 10.9. The molecule has 0 radical (unpaired) electrons. The van der Waals surface area contributed by atoms with Crippen molar-refractivity contribution in [1.29, 1.82) is 0 Å². The predicted molar refractivity (Wildman–Crippen MR) is 67.3 cm³/mol. The monoisotopic (exact) mass is 232 g/mol. The summed E-state index contributed by atoms with van der Waals surface area (Å²) in [4.78, 5) is 10.9. The highest BCUT2D eigenvalue weighted by atomic mass is 16.4. The Morgan fingerprint density at radius 3 is 2.88 bits per heavy atom. The van der Waals surface area contributed by atoms with Gasteiger partial charge in [-0.1, -0.05) is 6.07 Å². The summed E-state index contributed by atoms with van der Waals surface area (Å²) in [6, 6.07) is 5.24. The zero-order chi connectivity index (χ0) is 12.4. The molecule has 17 heavy (non-hydrogen) atoms. The molecular weight excluding hydrogens is 216 g/mol. The van der Waals surface area contributed by atoms with Gasteiger partial charge in [0.1, 0.15) is 0 Å². The van der Waals surface area contributed by atoms with Crippen molar-refractivity contribution >= 4 is 16.9 Å². The van der Waals surface area contributed by atoms with Crippen LogP contribution in [0.15, 0.2) is 24.4 Å². The fourth-order valence-electron chi connectivity index (χ4n) is 2.06. The van der Waals surface area contributed by atoms with Crippen molar-refractivity contribution in [2.75, 3.05) is 6.54 Å². The van der Waals surface area contributed by atoms with Crippen LogP contribution in [0, 0.1) is 6.92 Å². The van der Waals surface area contributed by atoms with Crippen molar-refractivity contribution in [3.8, 4) is 0 Å². The Bertz CT molecular complexity index is 558. The van der Waals surface area contributed by atoms with E-state index in [1.165, 1.54) is 0 Å². The molecule has 2 rings (SSSR count). The van der Waals surface area contributed by atoms with Gasteiger partial charge in [0.2, 0.25) is 0 Å². The van der Waals surface area contributed by atoms with Crippen LogP contribution >= 0.6 is 0 Å². The molecule has 1 heterocycles. The van der Waals surface area contributed by atoms with E-state index in [4.69, 9.17) is 10.8 Å². The molecule has 0 atom stereocenters. The van der Waals surface area contributed by atoms with E-state index in [1.807, 2.05) is 19.2 Å². The highest BCUT2D eigenvalue weighted by molar-refractivity contribution is 5.94. The number of nitrogens with two attached hydrogens (primary N) is 1. The lowest BCUT2D eigenvalue weighted by Crippen LogP contribution is -2.05. The van der Waals surface area contributed by atoms with Gasteiger partial charge in [-0.3, -0.25) is 0 Å². The maximum absolute atomic E-state index is 10.9. The number of carboxylic acids is 1. The number of fused-ring (bicyclic) bond motifs is 1. The van der Waals surface area contributed by atoms with E-state index in [2.05, 4.69) is 4.57 Å². The first-order chi connectivity index (χ1) is 8.13. The minimum absolute atomic E-state index is 0.324. The topological polar surface area (TPSA) is 68.2 Å². The Kier molecular flexibility index (Phi) is 3.15. The first kappa shape index (κ1) is 11.7. The molecule has 0 saturated carbocycles. The average Bonchev–Trinajstić information content (AvgIpc) is 2.63. The summed E-state index contributed by atoms with van der Waals surface area (Å²) in [6.07, 6.45) is 2.94. The highest BCUT2D eigenvalue weighted by Crippen LogP contribution is 2.22. The Morgan fingerprint density at radius 1 is 1.47 bits per heavy atom. The summed E-state index contributed by atoms with van der Waals surface area (Å²) in [5.41, 5.74) is 7.95. The third-order valence-electron chi connectivity index (χ3n) is 2.93. The van der Waals surface area contributed by atoms with Crippen LogP contribution in [0.4, 0.5) is 0 Å². The van der Waals surface area contributed by atoms with Crippen molar-refractivity contribution in [1.82, 2.24) is 4.57 Å². The molecular formula is C13H16N2O2. The van der Waals surface area contributed by atoms with Crippen molar-refractivity contribution in [2.24, 2.45) is 5.73 Å². The molecule has 0 aliphatic carbocycles. The Hall–Kier alpha value is -1.81. The van der Waals surface area contributed by atoms with Crippen LogP contribution in [0.1, 0.15) is 22.3 Å². The van der Waals surface area contributed by atoms with Crippen LogP contribution in [0.5, 0.6) is 0 Å². The molecule has 4 heteroatoms. The number of hydrogen-bond acceptors (Lipinski definition) is 2. The number of aromatic carboxylic acids is 1. The van der Waals surface area contributed by atoms with Gasteiger partial charge in [-0.2, -0.15) is 0 Å². The maximum Gasteiger partial charge on any atom is 0.335 e. The van der Waals surface area contributed by atoms with E-state index in [0.717, 1.165) is 29.4 Å². The minimum Gasteiger partial charge on any atom is -0.478 e. The van der Waals surface area contributed by atoms with Gasteiger partial charge in [0, 0.05) is 23.6 Å². The fraction of sp³-hybridized carbons (Fsp3) is 0.308. The van der Waals surface area contributed by atoms with Gasteiger partial charge in [-0.05, 0) is 37.6 Å². The quantitative estimate of drug-likeness (QED) is 0.847. The number of carbonyl (C=O) groups is 1. The van der Waals surface area contributed by atoms with Crippen LogP contribution in [-0.2, 0) is 6.54 Å². The van der Waals surface area contributed by atoms with E-state index in [9.17, 15) is 4.79 Å². The van der Waals surface area contributed by atoms with Crippen molar-refractivity contribution in [3.05, 3.63) is 35.5 Å². The van der Waals surface area contributed by atoms with Crippen LogP contribution in [0.3, 0.4) is 0 Å².